The normalized spacial score (nSPS) is 16.7. The van der Waals surface area contributed by atoms with Crippen LogP contribution in [0.3, 0.4) is 0 Å². The Kier molecular flexibility index (Phi) is 13.7. The summed E-state index contributed by atoms with van der Waals surface area (Å²) in [5.41, 5.74) is 1.28. The zero-order chi connectivity index (χ0) is 20.9. The number of likely N-dealkylation sites (N-methyl/N-ethyl adjacent to an activating group) is 1. The zero-order valence-corrected chi connectivity index (χ0v) is 21.2. The van der Waals surface area contributed by atoms with Gasteiger partial charge >= 0.3 is 0 Å². The minimum atomic E-state index is 0. The van der Waals surface area contributed by atoms with Crippen LogP contribution in [0.15, 0.2) is 35.3 Å². The average Bonchev–Trinajstić information content (AvgIpc) is 3.09. The minimum Gasteiger partial charge on any atom is -0.357 e. The predicted octanol–water partition coefficient (Wildman–Crippen LogP) is 2.98. The molecule has 6 nitrogen and oxygen atoms in total. The number of carbonyl (C=O) groups is 1. The molecule has 0 aromatic heterocycles. The van der Waals surface area contributed by atoms with Gasteiger partial charge in [0.2, 0.25) is 5.91 Å². The summed E-state index contributed by atoms with van der Waals surface area (Å²) in [7, 11) is 2.16. The Morgan fingerprint density at radius 2 is 1.97 bits per heavy atom. The van der Waals surface area contributed by atoms with E-state index in [0.717, 1.165) is 51.6 Å². The van der Waals surface area contributed by atoms with Gasteiger partial charge in [0, 0.05) is 51.6 Å². The summed E-state index contributed by atoms with van der Waals surface area (Å²) in [6.07, 6.45) is 3.99. The second-order valence-electron chi connectivity index (χ2n) is 7.95. The summed E-state index contributed by atoms with van der Waals surface area (Å²) in [5.74, 6) is 1.42. The molecule has 1 amide bonds. The van der Waals surface area contributed by atoms with Crippen molar-refractivity contribution in [3.63, 3.8) is 0 Å². The molecule has 0 bridgehead atoms. The number of likely N-dealkylation sites (tertiary alicyclic amines) is 1. The maximum absolute atomic E-state index is 12.4. The van der Waals surface area contributed by atoms with E-state index in [1.54, 1.807) is 0 Å². The Balaban J connectivity index is 0.00000450. The van der Waals surface area contributed by atoms with Gasteiger partial charge in [0.05, 0.1) is 0 Å². The third-order valence-electron chi connectivity index (χ3n) is 5.34. The lowest BCUT2D eigenvalue weighted by molar-refractivity contribution is -0.127. The molecule has 2 N–H and O–H groups in total. The fourth-order valence-corrected chi connectivity index (χ4v) is 3.57. The number of benzene rings is 1. The molecule has 7 heteroatoms. The third kappa shape index (κ3) is 10.1. The first kappa shape index (κ1) is 26.7. The molecule has 1 fully saturated rings. The molecule has 30 heavy (non-hydrogen) atoms. The number of guanidine groups is 1. The quantitative estimate of drug-likeness (QED) is 0.249. The van der Waals surface area contributed by atoms with E-state index < -0.39 is 0 Å². The molecule has 1 aliphatic rings. The van der Waals surface area contributed by atoms with Gasteiger partial charge in [0.25, 0.3) is 0 Å². The first-order valence-electron chi connectivity index (χ1n) is 11.1. The van der Waals surface area contributed by atoms with E-state index >= 15 is 0 Å². The van der Waals surface area contributed by atoms with Crippen LogP contribution in [0.2, 0.25) is 0 Å². The van der Waals surface area contributed by atoms with Crippen molar-refractivity contribution >= 4 is 35.8 Å². The highest BCUT2D eigenvalue weighted by atomic mass is 127. The number of rotatable bonds is 12. The van der Waals surface area contributed by atoms with Gasteiger partial charge in [-0.25, -0.2) is 0 Å². The van der Waals surface area contributed by atoms with Crippen LogP contribution in [0.4, 0.5) is 0 Å². The van der Waals surface area contributed by atoms with Crippen LogP contribution in [0.1, 0.15) is 38.7 Å². The van der Waals surface area contributed by atoms with Crippen molar-refractivity contribution in [1.29, 1.82) is 0 Å². The second kappa shape index (κ2) is 15.5. The van der Waals surface area contributed by atoms with Gasteiger partial charge in [-0.05, 0) is 38.9 Å². The predicted molar refractivity (Wildman–Crippen MR) is 137 cm³/mol. The summed E-state index contributed by atoms with van der Waals surface area (Å²) in [5, 5.41) is 6.73. The topological polar surface area (TPSA) is 60.0 Å². The molecule has 1 aromatic rings. The Labute approximate surface area is 199 Å². The highest BCUT2D eigenvalue weighted by molar-refractivity contribution is 14.0. The van der Waals surface area contributed by atoms with E-state index in [9.17, 15) is 4.79 Å². The average molecular weight is 530 g/mol. The van der Waals surface area contributed by atoms with Gasteiger partial charge < -0.3 is 20.4 Å². The molecular formula is C23H40IN5O. The Bertz CT molecular complexity index is 625. The van der Waals surface area contributed by atoms with E-state index in [1.165, 1.54) is 18.4 Å². The standard InChI is InChI=1S/C23H39N5O.HI/c1-4-6-14-27(3)16-13-25-23(24-5-2)26-18-21-17-22(29)28(19-21)15-12-20-10-8-7-9-11-20;/h7-11,21H,4-6,12-19H2,1-3H3,(H2,24,25,26);1H. The monoisotopic (exact) mass is 529 g/mol. The van der Waals surface area contributed by atoms with Gasteiger partial charge in [-0.3, -0.25) is 9.79 Å². The van der Waals surface area contributed by atoms with Crippen molar-refractivity contribution in [1.82, 2.24) is 20.4 Å². The molecule has 2 rings (SSSR count). The number of halogens is 1. The first-order valence-corrected chi connectivity index (χ1v) is 11.1. The van der Waals surface area contributed by atoms with E-state index in [0.29, 0.717) is 18.9 Å². The van der Waals surface area contributed by atoms with E-state index in [1.807, 2.05) is 11.0 Å². The SMILES string of the molecule is CCCCN(C)CCNC(=NCC1CC(=O)N(CCc2ccccc2)C1)NCC.I. The zero-order valence-electron chi connectivity index (χ0n) is 18.9. The van der Waals surface area contributed by atoms with Crippen molar-refractivity contribution in [3.05, 3.63) is 35.9 Å². The van der Waals surface area contributed by atoms with Crippen molar-refractivity contribution in [3.8, 4) is 0 Å². The Hall–Kier alpha value is -1.35. The smallest absolute Gasteiger partial charge is 0.223 e. The molecule has 1 aliphatic heterocycles. The number of carbonyl (C=O) groups excluding carboxylic acids is 1. The summed E-state index contributed by atoms with van der Waals surface area (Å²) in [4.78, 5) is 21.4. The lowest BCUT2D eigenvalue weighted by Crippen LogP contribution is -2.41. The number of amides is 1. The largest absolute Gasteiger partial charge is 0.357 e. The van der Waals surface area contributed by atoms with Crippen molar-refractivity contribution in [2.45, 2.75) is 39.5 Å². The van der Waals surface area contributed by atoms with E-state index in [2.05, 4.69) is 60.7 Å². The van der Waals surface area contributed by atoms with E-state index in [-0.39, 0.29) is 29.9 Å². The number of hydrogen-bond donors (Lipinski definition) is 2. The summed E-state index contributed by atoms with van der Waals surface area (Å²) < 4.78 is 0. The molecule has 1 atom stereocenters. The van der Waals surface area contributed by atoms with Gasteiger partial charge in [-0.15, -0.1) is 24.0 Å². The number of aliphatic imine (C=N–C) groups is 1. The lowest BCUT2D eigenvalue weighted by atomic mass is 10.1. The lowest BCUT2D eigenvalue weighted by Gasteiger charge is -2.18. The molecular weight excluding hydrogens is 489 g/mol. The van der Waals surface area contributed by atoms with Crippen molar-refractivity contribution < 1.29 is 4.79 Å². The molecule has 0 radical (unpaired) electrons. The van der Waals surface area contributed by atoms with Crippen molar-refractivity contribution in [2.24, 2.45) is 10.9 Å². The van der Waals surface area contributed by atoms with Crippen LogP contribution < -0.4 is 10.6 Å². The van der Waals surface area contributed by atoms with Gasteiger partial charge in [-0.1, -0.05) is 43.7 Å². The van der Waals surface area contributed by atoms with Crippen LogP contribution in [0, 0.1) is 5.92 Å². The van der Waals surface area contributed by atoms with Crippen LogP contribution >= 0.6 is 24.0 Å². The summed E-state index contributed by atoms with van der Waals surface area (Å²) >= 11 is 0. The highest BCUT2D eigenvalue weighted by Crippen LogP contribution is 2.18. The molecule has 1 saturated heterocycles. The first-order chi connectivity index (χ1) is 14.1. The summed E-state index contributed by atoms with van der Waals surface area (Å²) in [6, 6.07) is 10.4. The molecule has 0 aliphatic carbocycles. The number of hydrogen-bond acceptors (Lipinski definition) is 3. The number of nitrogens with one attached hydrogen (secondary N) is 2. The molecule has 1 heterocycles. The Morgan fingerprint density at radius 1 is 1.20 bits per heavy atom. The number of nitrogens with zero attached hydrogens (tertiary/aromatic N) is 3. The molecule has 170 valence electrons. The minimum absolute atomic E-state index is 0. The van der Waals surface area contributed by atoms with Crippen LogP contribution in [0.5, 0.6) is 0 Å². The van der Waals surface area contributed by atoms with Gasteiger partial charge in [0.15, 0.2) is 5.96 Å². The third-order valence-corrected chi connectivity index (χ3v) is 5.34. The molecule has 0 saturated carbocycles. The number of unbranched alkanes of at least 4 members (excludes halogenated alkanes) is 1. The van der Waals surface area contributed by atoms with Crippen molar-refractivity contribution in [2.75, 3.05) is 52.9 Å². The fourth-order valence-electron chi connectivity index (χ4n) is 3.57. The molecule has 1 aromatic carbocycles. The van der Waals surface area contributed by atoms with Gasteiger partial charge in [0.1, 0.15) is 0 Å². The fraction of sp³-hybridized carbons (Fsp3) is 0.652. The maximum Gasteiger partial charge on any atom is 0.223 e. The Morgan fingerprint density at radius 3 is 2.67 bits per heavy atom. The maximum atomic E-state index is 12.4. The van der Waals surface area contributed by atoms with Gasteiger partial charge in [-0.2, -0.15) is 0 Å². The molecule has 0 spiro atoms. The van der Waals surface area contributed by atoms with Crippen LogP contribution in [-0.2, 0) is 11.2 Å². The summed E-state index contributed by atoms with van der Waals surface area (Å²) in [6.45, 7) is 10.4. The second-order valence-corrected chi connectivity index (χ2v) is 7.95. The van der Waals surface area contributed by atoms with E-state index in [4.69, 9.17) is 4.99 Å². The van der Waals surface area contributed by atoms with Crippen LogP contribution in [-0.4, -0.2) is 74.5 Å². The van der Waals surface area contributed by atoms with Crippen LogP contribution in [0.25, 0.3) is 0 Å². The highest BCUT2D eigenvalue weighted by Gasteiger charge is 2.28. The molecule has 1 unspecified atom stereocenters.